The highest BCUT2D eigenvalue weighted by molar-refractivity contribution is 5.68. The fraction of sp³-hybridized carbons (Fsp3) is 0.933. The number of rotatable bonds is 3. The number of hydrogen-bond acceptors (Lipinski definition) is 2. The summed E-state index contributed by atoms with van der Waals surface area (Å²) in [4.78, 5) is 11.2. The van der Waals surface area contributed by atoms with Gasteiger partial charge in [0, 0.05) is 0 Å². The molecule has 0 aromatic carbocycles. The van der Waals surface area contributed by atoms with Crippen molar-refractivity contribution in [2.75, 3.05) is 6.54 Å². The van der Waals surface area contributed by atoms with Gasteiger partial charge < -0.3 is 10.8 Å². The van der Waals surface area contributed by atoms with E-state index in [2.05, 4.69) is 13.8 Å². The summed E-state index contributed by atoms with van der Waals surface area (Å²) in [5, 5.41) is 9.20. The van der Waals surface area contributed by atoms with E-state index in [1.165, 1.54) is 25.7 Å². The van der Waals surface area contributed by atoms with E-state index in [9.17, 15) is 9.90 Å². The predicted molar refractivity (Wildman–Crippen MR) is 69.9 cm³/mol. The van der Waals surface area contributed by atoms with Gasteiger partial charge in [-0.25, -0.2) is 0 Å². The van der Waals surface area contributed by atoms with Crippen molar-refractivity contribution in [3.63, 3.8) is 0 Å². The third-order valence-electron chi connectivity index (χ3n) is 6.86. The van der Waals surface area contributed by atoms with Gasteiger partial charge in [0.15, 0.2) is 0 Å². The zero-order chi connectivity index (χ0) is 13.1. The zero-order valence-electron chi connectivity index (χ0n) is 11.5. The van der Waals surface area contributed by atoms with E-state index >= 15 is 0 Å². The van der Waals surface area contributed by atoms with Crippen molar-refractivity contribution in [1.82, 2.24) is 0 Å². The molecule has 3 aliphatic carbocycles. The van der Waals surface area contributed by atoms with E-state index in [0.29, 0.717) is 23.8 Å². The smallest absolute Gasteiger partial charge is 0.303 e. The highest BCUT2D eigenvalue weighted by Gasteiger charge is 2.70. The molecule has 1 unspecified atom stereocenters. The van der Waals surface area contributed by atoms with Crippen molar-refractivity contribution in [3.05, 3.63) is 0 Å². The lowest BCUT2D eigenvalue weighted by Crippen LogP contribution is -2.65. The lowest BCUT2D eigenvalue weighted by Gasteiger charge is -2.66. The molecule has 0 aliphatic heterocycles. The second kappa shape index (κ2) is 3.72. The van der Waals surface area contributed by atoms with Gasteiger partial charge in [-0.15, -0.1) is 0 Å². The Morgan fingerprint density at radius 3 is 2.50 bits per heavy atom. The van der Waals surface area contributed by atoms with Crippen molar-refractivity contribution in [3.8, 4) is 0 Å². The molecule has 5 atom stereocenters. The lowest BCUT2D eigenvalue weighted by atomic mass is 9.38. The Hall–Kier alpha value is -0.570. The molecule has 1 spiro atoms. The highest BCUT2D eigenvalue weighted by Crippen LogP contribution is 2.76. The lowest BCUT2D eigenvalue weighted by molar-refractivity contribution is -0.191. The van der Waals surface area contributed by atoms with Crippen molar-refractivity contribution in [1.29, 1.82) is 0 Å². The predicted octanol–water partition coefficient (Wildman–Crippen LogP) is 2.50. The molecular weight excluding hydrogens is 226 g/mol. The van der Waals surface area contributed by atoms with Crippen LogP contribution in [0.2, 0.25) is 0 Å². The number of nitrogens with two attached hydrogens (primary N) is 1. The first-order chi connectivity index (χ1) is 8.48. The Morgan fingerprint density at radius 1 is 1.33 bits per heavy atom. The van der Waals surface area contributed by atoms with E-state index < -0.39 is 5.97 Å². The summed E-state index contributed by atoms with van der Waals surface area (Å²) in [6, 6.07) is 0. The third-order valence-corrected chi connectivity index (χ3v) is 6.86. The molecule has 0 radical (unpaired) electrons. The Morgan fingerprint density at radius 2 is 2.00 bits per heavy atom. The molecule has 102 valence electrons. The van der Waals surface area contributed by atoms with Gasteiger partial charge in [-0.3, -0.25) is 4.79 Å². The molecule has 3 aliphatic rings. The van der Waals surface area contributed by atoms with Crippen molar-refractivity contribution < 1.29 is 9.90 Å². The van der Waals surface area contributed by atoms with Crippen LogP contribution in [0.1, 0.15) is 46.0 Å². The van der Waals surface area contributed by atoms with Crippen LogP contribution in [-0.4, -0.2) is 17.6 Å². The molecule has 3 saturated carbocycles. The first-order valence-corrected chi connectivity index (χ1v) is 7.40. The van der Waals surface area contributed by atoms with Crippen LogP contribution < -0.4 is 5.73 Å². The van der Waals surface area contributed by atoms with E-state index in [0.717, 1.165) is 11.8 Å². The number of carbonyl (C=O) groups is 1. The third kappa shape index (κ3) is 1.31. The number of carboxylic acid groups (broad SMARTS) is 1. The molecule has 0 aromatic heterocycles. The maximum absolute atomic E-state index is 11.2. The molecule has 0 aromatic rings. The molecule has 0 amide bonds. The molecule has 3 fully saturated rings. The minimum absolute atomic E-state index is 0.105. The molecule has 0 bridgehead atoms. The molecular formula is C15H25NO2. The number of carboxylic acids is 1. The van der Waals surface area contributed by atoms with E-state index in [-0.39, 0.29) is 11.8 Å². The number of aliphatic carboxylic acids is 1. The second-order valence-corrected chi connectivity index (χ2v) is 7.14. The summed E-state index contributed by atoms with van der Waals surface area (Å²) >= 11 is 0. The van der Waals surface area contributed by atoms with Crippen molar-refractivity contribution >= 4 is 5.97 Å². The molecule has 18 heavy (non-hydrogen) atoms. The summed E-state index contributed by atoms with van der Waals surface area (Å²) in [5.74, 6) is 1.99. The first kappa shape index (κ1) is 12.5. The second-order valence-electron chi connectivity index (χ2n) is 7.14. The van der Waals surface area contributed by atoms with Crippen LogP contribution >= 0.6 is 0 Å². The zero-order valence-corrected chi connectivity index (χ0v) is 11.5. The van der Waals surface area contributed by atoms with E-state index in [1.54, 1.807) is 0 Å². The topological polar surface area (TPSA) is 63.3 Å². The fourth-order valence-electron chi connectivity index (χ4n) is 5.65. The van der Waals surface area contributed by atoms with Gasteiger partial charge in [-0.2, -0.15) is 0 Å². The van der Waals surface area contributed by atoms with Crippen LogP contribution in [-0.2, 0) is 4.79 Å². The molecule has 3 N–H and O–H groups in total. The largest absolute Gasteiger partial charge is 0.481 e. The Balaban J connectivity index is 1.87. The average molecular weight is 251 g/mol. The minimum atomic E-state index is -0.672. The average Bonchev–Trinajstić information content (AvgIpc) is 3.10. The summed E-state index contributed by atoms with van der Waals surface area (Å²) in [6.45, 7) is 5.21. The summed E-state index contributed by atoms with van der Waals surface area (Å²) < 4.78 is 0. The van der Waals surface area contributed by atoms with Gasteiger partial charge in [0.05, 0.1) is 6.42 Å². The van der Waals surface area contributed by atoms with Gasteiger partial charge in [0.2, 0.25) is 0 Å². The molecule has 3 heteroatoms. The van der Waals surface area contributed by atoms with Crippen LogP contribution in [0, 0.1) is 34.5 Å². The quantitative estimate of drug-likeness (QED) is 0.810. The summed E-state index contributed by atoms with van der Waals surface area (Å²) in [5.41, 5.74) is 6.46. The fourth-order valence-corrected chi connectivity index (χ4v) is 5.65. The van der Waals surface area contributed by atoms with E-state index in [4.69, 9.17) is 5.73 Å². The minimum Gasteiger partial charge on any atom is -0.481 e. The standard InChI is InChI=1S/C15H25NO2/c1-9-3-4-11-13(14(9)5-6-14)10(2)15(11,8-16)7-12(17)18/h9-11,13H,3-8,16H2,1-2H3,(H,17,18)/t9-,10-,11?,13+,15+/m0/s1. The maximum Gasteiger partial charge on any atom is 0.303 e. The van der Waals surface area contributed by atoms with Crippen LogP contribution in [0.3, 0.4) is 0 Å². The number of hydrogen-bond donors (Lipinski definition) is 2. The van der Waals surface area contributed by atoms with Gasteiger partial charge >= 0.3 is 5.97 Å². The van der Waals surface area contributed by atoms with Crippen LogP contribution in [0.25, 0.3) is 0 Å². The molecule has 0 heterocycles. The Kier molecular flexibility index (Phi) is 2.58. The summed E-state index contributed by atoms with van der Waals surface area (Å²) in [6.07, 6.45) is 5.48. The normalized spacial score (nSPS) is 48.4. The first-order valence-electron chi connectivity index (χ1n) is 7.40. The SMILES string of the molecule is C[C@H]1CCC2[C@@H]([C@H](C)[C@]2(CN)CC(=O)O)C12CC2. The van der Waals surface area contributed by atoms with Gasteiger partial charge in [-0.1, -0.05) is 13.8 Å². The Bertz CT molecular complexity index is 377. The van der Waals surface area contributed by atoms with E-state index in [1.807, 2.05) is 0 Å². The highest BCUT2D eigenvalue weighted by atomic mass is 16.4. The van der Waals surface area contributed by atoms with Crippen molar-refractivity contribution in [2.24, 2.45) is 40.2 Å². The monoisotopic (exact) mass is 251 g/mol. The van der Waals surface area contributed by atoms with Gasteiger partial charge in [0.25, 0.3) is 0 Å². The van der Waals surface area contributed by atoms with Crippen LogP contribution in [0.15, 0.2) is 0 Å². The van der Waals surface area contributed by atoms with Gasteiger partial charge in [0.1, 0.15) is 0 Å². The van der Waals surface area contributed by atoms with Gasteiger partial charge in [-0.05, 0) is 66.7 Å². The molecule has 3 nitrogen and oxygen atoms in total. The molecule has 3 rings (SSSR count). The van der Waals surface area contributed by atoms with Crippen LogP contribution in [0.4, 0.5) is 0 Å². The van der Waals surface area contributed by atoms with Crippen LogP contribution in [0.5, 0.6) is 0 Å². The molecule has 0 saturated heterocycles. The summed E-state index contributed by atoms with van der Waals surface area (Å²) in [7, 11) is 0. The van der Waals surface area contributed by atoms with Crippen molar-refractivity contribution in [2.45, 2.75) is 46.0 Å². The Labute approximate surface area is 109 Å². The maximum atomic E-state index is 11.2. The number of fused-ring (bicyclic) bond motifs is 2.